The van der Waals surface area contributed by atoms with Gasteiger partial charge in [-0.1, -0.05) is 36.4 Å². The maximum absolute atomic E-state index is 12.4. The molecule has 0 amide bonds. The number of esters is 2. The highest BCUT2D eigenvalue weighted by Gasteiger charge is 2.41. The van der Waals surface area contributed by atoms with Crippen molar-refractivity contribution in [1.29, 1.82) is 0 Å². The van der Waals surface area contributed by atoms with E-state index in [9.17, 15) is 9.59 Å². The molecular weight excluding hydrogens is 296 g/mol. The van der Waals surface area contributed by atoms with Crippen LogP contribution in [-0.4, -0.2) is 26.2 Å². The number of hydrogen-bond acceptors (Lipinski definition) is 5. The topological polar surface area (TPSA) is 61.8 Å². The summed E-state index contributed by atoms with van der Waals surface area (Å²) in [5.41, 5.74) is 1.66. The molecule has 118 valence electrons. The molecule has 0 saturated heterocycles. The Hall–Kier alpha value is -2.82. The highest BCUT2D eigenvalue weighted by atomic mass is 16.6. The smallest absolute Gasteiger partial charge is 0.339 e. The van der Waals surface area contributed by atoms with Crippen molar-refractivity contribution in [3.8, 4) is 5.75 Å². The van der Waals surface area contributed by atoms with Gasteiger partial charge in [-0.15, -0.1) is 0 Å². The molecule has 0 bridgehead atoms. The summed E-state index contributed by atoms with van der Waals surface area (Å²) >= 11 is 0. The van der Waals surface area contributed by atoms with Gasteiger partial charge in [-0.05, 0) is 23.3 Å². The third-order valence-electron chi connectivity index (χ3n) is 3.94. The zero-order chi connectivity index (χ0) is 16.4. The number of ether oxygens (including phenoxy) is 3. The molecular formula is C18H16O5. The maximum Gasteiger partial charge on any atom is 0.339 e. The average Bonchev–Trinajstić information content (AvgIpc) is 2.61. The van der Waals surface area contributed by atoms with Crippen molar-refractivity contribution in [3.63, 3.8) is 0 Å². The van der Waals surface area contributed by atoms with Crippen LogP contribution in [-0.2, 0) is 14.3 Å². The highest BCUT2D eigenvalue weighted by Crippen LogP contribution is 2.42. The molecule has 2 atom stereocenters. The summed E-state index contributed by atoms with van der Waals surface area (Å²) in [5.74, 6) is -1.10. The summed E-state index contributed by atoms with van der Waals surface area (Å²) in [5, 5.41) is 0. The first-order valence-electron chi connectivity index (χ1n) is 7.17. The molecule has 0 spiro atoms. The molecule has 0 aromatic heterocycles. The fourth-order valence-electron chi connectivity index (χ4n) is 2.80. The first-order valence-corrected chi connectivity index (χ1v) is 7.17. The first kappa shape index (κ1) is 15.1. The van der Waals surface area contributed by atoms with Crippen LogP contribution in [0.2, 0.25) is 0 Å². The number of methoxy groups -OCH3 is 2. The van der Waals surface area contributed by atoms with E-state index in [2.05, 4.69) is 0 Å². The molecule has 1 aliphatic heterocycles. The van der Waals surface area contributed by atoms with E-state index in [1.54, 1.807) is 18.2 Å². The molecule has 1 heterocycles. The molecule has 5 heteroatoms. The van der Waals surface area contributed by atoms with Crippen LogP contribution in [0.15, 0.2) is 48.5 Å². The Bertz CT molecular complexity index is 738. The standard InChI is InChI=1S/C18H16O5/c1-21-12-8-9-13-14(10-12)17(19)23-16(15(13)18(20)22-2)11-6-4-3-5-7-11/h3-10,15-16H,1-2H3/t15-,16+/m1/s1. The van der Waals surface area contributed by atoms with E-state index in [0.29, 0.717) is 16.9 Å². The second-order valence-electron chi connectivity index (χ2n) is 5.19. The zero-order valence-corrected chi connectivity index (χ0v) is 12.8. The quantitative estimate of drug-likeness (QED) is 0.816. The monoisotopic (exact) mass is 312 g/mol. The van der Waals surface area contributed by atoms with Crippen LogP contribution in [0.5, 0.6) is 5.75 Å². The van der Waals surface area contributed by atoms with Crippen LogP contribution in [0.25, 0.3) is 0 Å². The van der Waals surface area contributed by atoms with Crippen molar-refractivity contribution in [3.05, 3.63) is 65.2 Å². The Labute approximate surface area is 133 Å². The molecule has 0 aliphatic carbocycles. The summed E-state index contributed by atoms with van der Waals surface area (Å²) in [6.07, 6.45) is -0.711. The molecule has 2 aromatic carbocycles. The van der Waals surface area contributed by atoms with Crippen molar-refractivity contribution in [2.45, 2.75) is 12.0 Å². The fraction of sp³-hybridized carbons (Fsp3) is 0.222. The molecule has 0 saturated carbocycles. The third kappa shape index (κ3) is 2.65. The van der Waals surface area contributed by atoms with E-state index < -0.39 is 24.0 Å². The largest absolute Gasteiger partial charge is 0.497 e. The molecule has 23 heavy (non-hydrogen) atoms. The first-order chi connectivity index (χ1) is 11.2. The van der Waals surface area contributed by atoms with Crippen molar-refractivity contribution in [1.82, 2.24) is 0 Å². The van der Waals surface area contributed by atoms with Crippen LogP contribution in [0.3, 0.4) is 0 Å². The molecule has 0 unspecified atom stereocenters. The van der Waals surface area contributed by atoms with E-state index in [-0.39, 0.29) is 0 Å². The molecule has 0 N–H and O–H groups in total. The summed E-state index contributed by atoms with van der Waals surface area (Å²) in [4.78, 5) is 24.7. The minimum absolute atomic E-state index is 0.326. The van der Waals surface area contributed by atoms with Gasteiger partial charge in [0, 0.05) is 0 Å². The van der Waals surface area contributed by atoms with Crippen LogP contribution in [0, 0.1) is 0 Å². The fourth-order valence-corrected chi connectivity index (χ4v) is 2.80. The van der Waals surface area contributed by atoms with E-state index in [1.165, 1.54) is 14.2 Å². The number of hydrogen-bond donors (Lipinski definition) is 0. The Balaban J connectivity index is 2.13. The minimum Gasteiger partial charge on any atom is -0.497 e. The Morgan fingerprint density at radius 2 is 1.83 bits per heavy atom. The van der Waals surface area contributed by atoms with Gasteiger partial charge in [-0.3, -0.25) is 4.79 Å². The SMILES string of the molecule is COC(=O)[C@@H]1c2ccc(OC)cc2C(=O)O[C@H]1c1ccccc1. The summed E-state index contributed by atoms with van der Waals surface area (Å²) in [6, 6.07) is 14.2. The lowest BCUT2D eigenvalue weighted by Crippen LogP contribution is -2.32. The van der Waals surface area contributed by atoms with Crippen LogP contribution < -0.4 is 4.74 Å². The lowest BCUT2D eigenvalue weighted by atomic mass is 9.84. The number of carbonyl (C=O) groups excluding carboxylic acids is 2. The van der Waals surface area contributed by atoms with Crippen molar-refractivity contribution in [2.24, 2.45) is 0 Å². The van der Waals surface area contributed by atoms with Crippen molar-refractivity contribution < 1.29 is 23.8 Å². The Morgan fingerprint density at radius 3 is 2.48 bits per heavy atom. The van der Waals surface area contributed by atoms with Gasteiger partial charge >= 0.3 is 11.9 Å². The predicted molar refractivity (Wildman–Crippen MR) is 82.3 cm³/mol. The van der Waals surface area contributed by atoms with Crippen molar-refractivity contribution >= 4 is 11.9 Å². The van der Waals surface area contributed by atoms with Crippen LogP contribution >= 0.6 is 0 Å². The van der Waals surface area contributed by atoms with Crippen LogP contribution in [0.1, 0.15) is 33.5 Å². The molecule has 5 nitrogen and oxygen atoms in total. The van der Waals surface area contributed by atoms with Gasteiger partial charge < -0.3 is 14.2 Å². The second kappa shape index (κ2) is 6.12. The molecule has 1 aliphatic rings. The van der Waals surface area contributed by atoms with Crippen molar-refractivity contribution in [2.75, 3.05) is 14.2 Å². The van der Waals surface area contributed by atoms with Gasteiger partial charge in [0.1, 0.15) is 17.8 Å². The van der Waals surface area contributed by atoms with E-state index in [0.717, 1.165) is 5.56 Å². The maximum atomic E-state index is 12.4. The van der Waals surface area contributed by atoms with Gasteiger partial charge in [0.15, 0.2) is 0 Å². The number of fused-ring (bicyclic) bond motifs is 1. The Kier molecular flexibility index (Phi) is 4.02. The summed E-state index contributed by atoms with van der Waals surface area (Å²) < 4.78 is 15.6. The van der Waals surface area contributed by atoms with Crippen LogP contribution in [0.4, 0.5) is 0 Å². The number of carbonyl (C=O) groups is 2. The lowest BCUT2D eigenvalue weighted by molar-refractivity contribution is -0.146. The van der Waals surface area contributed by atoms with Gasteiger partial charge in [0.05, 0.1) is 19.8 Å². The van der Waals surface area contributed by atoms with Gasteiger partial charge in [-0.2, -0.15) is 0 Å². The average molecular weight is 312 g/mol. The number of cyclic esters (lactones) is 1. The summed E-state index contributed by atoms with van der Waals surface area (Å²) in [7, 11) is 2.84. The summed E-state index contributed by atoms with van der Waals surface area (Å²) in [6.45, 7) is 0. The molecule has 0 radical (unpaired) electrons. The normalized spacial score (nSPS) is 19.5. The van der Waals surface area contributed by atoms with Gasteiger partial charge in [-0.25, -0.2) is 4.79 Å². The molecule has 0 fully saturated rings. The number of rotatable bonds is 3. The van der Waals surface area contributed by atoms with E-state index in [1.807, 2.05) is 30.3 Å². The predicted octanol–water partition coefficient (Wildman–Crippen LogP) is 2.86. The van der Waals surface area contributed by atoms with E-state index >= 15 is 0 Å². The zero-order valence-electron chi connectivity index (χ0n) is 12.8. The number of benzene rings is 2. The molecule has 2 aromatic rings. The van der Waals surface area contributed by atoms with E-state index in [4.69, 9.17) is 14.2 Å². The van der Waals surface area contributed by atoms with Gasteiger partial charge in [0.2, 0.25) is 0 Å². The third-order valence-corrected chi connectivity index (χ3v) is 3.94. The van der Waals surface area contributed by atoms with Gasteiger partial charge in [0.25, 0.3) is 0 Å². The lowest BCUT2D eigenvalue weighted by Gasteiger charge is -2.31. The molecule has 3 rings (SSSR count). The Morgan fingerprint density at radius 1 is 1.09 bits per heavy atom. The second-order valence-corrected chi connectivity index (χ2v) is 5.19. The highest BCUT2D eigenvalue weighted by molar-refractivity contribution is 5.96. The minimum atomic E-state index is -0.711.